The molecule has 0 bridgehead atoms. The normalized spacial score (nSPS) is 17.2. The van der Waals surface area contributed by atoms with Gasteiger partial charge in [0.05, 0.1) is 6.07 Å². The third kappa shape index (κ3) is 3.32. The molecule has 0 heterocycles. The van der Waals surface area contributed by atoms with Crippen molar-refractivity contribution in [2.45, 2.75) is 38.6 Å². The summed E-state index contributed by atoms with van der Waals surface area (Å²) in [6.07, 6.45) is 3.42. The molecular formula is C17H25N3. The molecule has 1 aliphatic carbocycles. The van der Waals surface area contributed by atoms with Crippen molar-refractivity contribution in [1.82, 2.24) is 5.32 Å². The van der Waals surface area contributed by atoms with Gasteiger partial charge >= 0.3 is 0 Å². The maximum Gasteiger partial charge on any atom is 0.127 e. The van der Waals surface area contributed by atoms with Crippen LogP contribution in [0, 0.1) is 17.2 Å². The molecule has 1 aromatic carbocycles. The van der Waals surface area contributed by atoms with E-state index in [0.717, 1.165) is 26.1 Å². The second-order valence-corrected chi connectivity index (χ2v) is 5.63. The molecule has 0 spiro atoms. The standard InChI is InChI=1S/C17H25N3/c1-3-12-19-17(13-18,15-10-11-15)14-20(4-2)16-8-6-5-7-9-16/h5-9,15,19H,3-4,10-12,14H2,1-2H3. The Balaban J connectivity index is 2.15. The van der Waals surface area contributed by atoms with Gasteiger partial charge in [-0.3, -0.25) is 5.32 Å². The van der Waals surface area contributed by atoms with Gasteiger partial charge in [0.2, 0.25) is 0 Å². The molecule has 0 saturated heterocycles. The molecule has 1 aliphatic rings. The fourth-order valence-corrected chi connectivity index (χ4v) is 2.75. The van der Waals surface area contributed by atoms with Crippen LogP contribution < -0.4 is 10.2 Å². The van der Waals surface area contributed by atoms with E-state index in [1.807, 2.05) is 6.07 Å². The maximum atomic E-state index is 9.77. The van der Waals surface area contributed by atoms with Gasteiger partial charge in [0.25, 0.3) is 0 Å². The number of nitriles is 1. The van der Waals surface area contributed by atoms with Gasteiger partial charge in [0, 0.05) is 18.8 Å². The first-order chi connectivity index (χ1) is 9.75. The maximum absolute atomic E-state index is 9.77. The van der Waals surface area contributed by atoms with E-state index in [9.17, 15) is 5.26 Å². The molecule has 0 amide bonds. The van der Waals surface area contributed by atoms with Crippen molar-refractivity contribution in [1.29, 1.82) is 5.26 Å². The summed E-state index contributed by atoms with van der Waals surface area (Å²) in [5, 5.41) is 13.3. The predicted molar refractivity (Wildman–Crippen MR) is 83.7 cm³/mol. The molecule has 20 heavy (non-hydrogen) atoms. The Bertz CT molecular complexity index is 447. The number of likely N-dealkylation sites (N-methyl/N-ethyl adjacent to an activating group) is 1. The molecule has 108 valence electrons. The van der Waals surface area contributed by atoms with E-state index in [4.69, 9.17) is 0 Å². The number of nitrogens with zero attached hydrogens (tertiary/aromatic N) is 2. The van der Waals surface area contributed by atoms with Crippen LogP contribution in [0.1, 0.15) is 33.1 Å². The van der Waals surface area contributed by atoms with Crippen LogP contribution in [0.5, 0.6) is 0 Å². The quantitative estimate of drug-likeness (QED) is 0.789. The number of benzene rings is 1. The van der Waals surface area contributed by atoms with Gasteiger partial charge in [-0.05, 0) is 50.8 Å². The summed E-state index contributed by atoms with van der Waals surface area (Å²) in [6, 6.07) is 13.0. The fraction of sp³-hybridized carbons (Fsp3) is 0.588. The predicted octanol–water partition coefficient (Wildman–Crippen LogP) is 3.18. The first-order valence-corrected chi connectivity index (χ1v) is 7.72. The van der Waals surface area contributed by atoms with Crippen molar-refractivity contribution in [3.8, 4) is 6.07 Å². The Morgan fingerprint density at radius 3 is 2.50 bits per heavy atom. The van der Waals surface area contributed by atoms with E-state index in [1.54, 1.807) is 0 Å². The lowest BCUT2D eigenvalue weighted by Gasteiger charge is -2.35. The highest BCUT2D eigenvalue weighted by Crippen LogP contribution is 2.40. The summed E-state index contributed by atoms with van der Waals surface area (Å²) in [7, 11) is 0. The van der Waals surface area contributed by atoms with Crippen LogP contribution in [0.3, 0.4) is 0 Å². The average molecular weight is 271 g/mol. The van der Waals surface area contributed by atoms with Crippen LogP contribution >= 0.6 is 0 Å². The zero-order chi connectivity index (χ0) is 14.4. The molecule has 1 N–H and O–H groups in total. The minimum atomic E-state index is -0.387. The molecule has 3 heteroatoms. The Morgan fingerprint density at radius 1 is 1.30 bits per heavy atom. The van der Waals surface area contributed by atoms with Gasteiger partial charge in [-0.25, -0.2) is 0 Å². The first-order valence-electron chi connectivity index (χ1n) is 7.72. The number of hydrogen-bond acceptors (Lipinski definition) is 3. The van der Waals surface area contributed by atoms with Crippen molar-refractivity contribution in [3.63, 3.8) is 0 Å². The smallest absolute Gasteiger partial charge is 0.127 e. The topological polar surface area (TPSA) is 39.1 Å². The zero-order valence-corrected chi connectivity index (χ0v) is 12.6. The van der Waals surface area contributed by atoms with Crippen molar-refractivity contribution in [2.75, 3.05) is 24.5 Å². The minimum absolute atomic E-state index is 0.387. The highest BCUT2D eigenvalue weighted by atomic mass is 15.2. The third-order valence-corrected chi connectivity index (χ3v) is 4.11. The van der Waals surface area contributed by atoms with Gasteiger partial charge in [0.15, 0.2) is 0 Å². The van der Waals surface area contributed by atoms with Crippen LogP contribution in [-0.4, -0.2) is 25.2 Å². The Kier molecular flexibility index (Phi) is 5.03. The number of para-hydroxylation sites is 1. The monoisotopic (exact) mass is 271 g/mol. The van der Waals surface area contributed by atoms with Crippen LogP contribution in [0.15, 0.2) is 30.3 Å². The molecule has 1 fully saturated rings. The van der Waals surface area contributed by atoms with Crippen molar-refractivity contribution in [3.05, 3.63) is 30.3 Å². The van der Waals surface area contributed by atoms with Crippen LogP contribution in [0.4, 0.5) is 5.69 Å². The van der Waals surface area contributed by atoms with E-state index in [0.29, 0.717) is 5.92 Å². The van der Waals surface area contributed by atoms with E-state index in [2.05, 4.69) is 54.4 Å². The van der Waals surface area contributed by atoms with Crippen LogP contribution in [-0.2, 0) is 0 Å². The fourth-order valence-electron chi connectivity index (χ4n) is 2.75. The Hall–Kier alpha value is -1.53. The first kappa shape index (κ1) is 14.9. The third-order valence-electron chi connectivity index (χ3n) is 4.11. The number of rotatable bonds is 8. The summed E-state index contributed by atoms with van der Waals surface area (Å²) < 4.78 is 0. The highest BCUT2D eigenvalue weighted by molar-refractivity contribution is 5.47. The molecule has 0 aromatic heterocycles. The second kappa shape index (κ2) is 6.76. The van der Waals surface area contributed by atoms with Crippen LogP contribution in [0.25, 0.3) is 0 Å². The number of nitrogens with one attached hydrogen (secondary N) is 1. The summed E-state index contributed by atoms with van der Waals surface area (Å²) in [4.78, 5) is 2.31. The second-order valence-electron chi connectivity index (χ2n) is 5.63. The Morgan fingerprint density at radius 2 is 2.00 bits per heavy atom. The summed E-state index contributed by atoms with van der Waals surface area (Å²) >= 11 is 0. The molecule has 1 aromatic rings. The molecule has 0 radical (unpaired) electrons. The minimum Gasteiger partial charge on any atom is -0.369 e. The van der Waals surface area contributed by atoms with E-state index >= 15 is 0 Å². The lowest BCUT2D eigenvalue weighted by Crippen LogP contribution is -2.54. The van der Waals surface area contributed by atoms with Gasteiger partial charge < -0.3 is 4.90 Å². The molecule has 0 aliphatic heterocycles. The summed E-state index contributed by atoms with van der Waals surface area (Å²) in [6.45, 7) is 6.91. The molecule has 2 rings (SSSR count). The summed E-state index contributed by atoms with van der Waals surface area (Å²) in [5.41, 5.74) is 0.815. The van der Waals surface area contributed by atoms with Gasteiger partial charge in [-0.2, -0.15) is 5.26 Å². The van der Waals surface area contributed by atoms with Gasteiger partial charge in [-0.1, -0.05) is 25.1 Å². The number of hydrogen-bond donors (Lipinski definition) is 1. The van der Waals surface area contributed by atoms with Gasteiger partial charge in [0.1, 0.15) is 5.54 Å². The van der Waals surface area contributed by atoms with Gasteiger partial charge in [-0.15, -0.1) is 0 Å². The lowest BCUT2D eigenvalue weighted by atomic mass is 9.93. The molecule has 1 saturated carbocycles. The SMILES string of the molecule is CCCNC(C#N)(CN(CC)c1ccccc1)C1CC1. The highest BCUT2D eigenvalue weighted by Gasteiger charge is 2.46. The largest absolute Gasteiger partial charge is 0.369 e. The molecule has 1 atom stereocenters. The lowest BCUT2D eigenvalue weighted by molar-refractivity contribution is 0.365. The Labute approximate surface area is 122 Å². The zero-order valence-electron chi connectivity index (χ0n) is 12.6. The average Bonchev–Trinajstić information content (AvgIpc) is 3.34. The van der Waals surface area contributed by atoms with E-state index < -0.39 is 0 Å². The number of anilines is 1. The molecule has 1 unspecified atom stereocenters. The molecular weight excluding hydrogens is 246 g/mol. The van der Waals surface area contributed by atoms with Crippen molar-refractivity contribution in [2.24, 2.45) is 5.92 Å². The van der Waals surface area contributed by atoms with E-state index in [1.165, 1.54) is 18.5 Å². The van der Waals surface area contributed by atoms with E-state index in [-0.39, 0.29) is 5.54 Å². The van der Waals surface area contributed by atoms with Crippen molar-refractivity contribution < 1.29 is 0 Å². The van der Waals surface area contributed by atoms with Crippen molar-refractivity contribution >= 4 is 5.69 Å². The van der Waals surface area contributed by atoms with Crippen LogP contribution in [0.2, 0.25) is 0 Å². The summed E-state index contributed by atoms with van der Waals surface area (Å²) in [5.74, 6) is 0.511. The molecule has 3 nitrogen and oxygen atoms in total.